The number of aliphatic hydroxyl groups is 1. The van der Waals surface area contributed by atoms with Crippen LogP contribution in [0.3, 0.4) is 0 Å². The van der Waals surface area contributed by atoms with Gasteiger partial charge in [-0.1, -0.05) is 73.5 Å². The molecule has 0 spiro atoms. The van der Waals surface area contributed by atoms with Crippen LogP contribution < -0.4 is 0 Å². The van der Waals surface area contributed by atoms with Gasteiger partial charge in [0.25, 0.3) is 0 Å². The van der Waals surface area contributed by atoms with Crippen LogP contribution in [0.4, 0.5) is 0 Å². The average molecular weight is 321 g/mol. The Balaban J connectivity index is 1.60. The molecule has 2 fully saturated rings. The third-order valence-corrected chi connectivity index (χ3v) is 6.09. The standard InChI is InChI=1S/C22H27NO/c24-22(19-11-5-2-6-12-19)15-16-23(17-18-9-3-1-4-10-18)21-14-8-7-13-20(21)22/h1-6,9-12,20-21,24H,7-8,13-17H2/t20-,21-,22+/m0/s1. The molecule has 24 heavy (non-hydrogen) atoms. The highest BCUT2D eigenvalue weighted by atomic mass is 16.3. The Kier molecular flexibility index (Phi) is 4.43. The maximum atomic E-state index is 11.6. The van der Waals surface area contributed by atoms with Gasteiger partial charge >= 0.3 is 0 Å². The Morgan fingerprint density at radius 2 is 1.58 bits per heavy atom. The second-order valence-corrected chi connectivity index (χ2v) is 7.45. The molecule has 2 aliphatic rings. The third kappa shape index (κ3) is 2.89. The molecule has 3 atom stereocenters. The number of nitrogens with zero attached hydrogens (tertiary/aromatic N) is 1. The summed E-state index contributed by atoms with van der Waals surface area (Å²) in [5.74, 6) is 0.353. The van der Waals surface area contributed by atoms with Crippen LogP contribution in [0.2, 0.25) is 0 Å². The summed E-state index contributed by atoms with van der Waals surface area (Å²) in [6.45, 7) is 1.98. The summed E-state index contributed by atoms with van der Waals surface area (Å²) in [7, 11) is 0. The van der Waals surface area contributed by atoms with Crippen molar-refractivity contribution in [3.05, 3.63) is 71.8 Å². The highest BCUT2D eigenvalue weighted by Crippen LogP contribution is 2.47. The van der Waals surface area contributed by atoms with Gasteiger partial charge in [-0.25, -0.2) is 0 Å². The number of rotatable bonds is 3. The van der Waals surface area contributed by atoms with E-state index in [0.29, 0.717) is 12.0 Å². The van der Waals surface area contributed by atoms with Gasteiger partial charge in [0.2, 0.25) is 0 Å². The maximum absolute atomic E-state index is 11.6. The molecule has 1 N–H and O–H groups in total. The van der Waals surface area contributed by atoms with Crippen molar-refractivity contribution in [3.63, 3.8) is 0 Å². The summed E-state index contributed by atoms with van der Waals surface area (Å²) in [6, 6.07) is 21.6. The lowest BCUT2D eigenvalue weighted by Crippen LogP contribution is -2.57. The zero-order valence-corrected chi connectivity index (χ0v) is 14.3. The normalized spacial score (nSPS) is 30.7. The molecular formula is C22H27NO. The number of likely N-dealkylation sites (tertiary alicyclic amines) is 1. The first-order chi connectivity index (χ1) is 11.8. The van der Waals surface area contributed by atoms with Crippen molar-refractivity contribution >= 4 is 0 Å². The Hall–Kier alpha value is -1.64. The van der Waals surface area contributed by atoms with Gasteiger partial charge in [0.15, 0.2) is 0 Å². The van der Waals surface area contributed by atoms with Gasteiger partial charge in [-0.05, 0) is 30.4 Å². The Morgan fingerprint density at radius 3 is 2.33 bits per heavy atom. The number of fused-ring (bicyclic) bond motifs is 1. The first-order valence-corrected chi connectivity index (χ1v) is 9.33. The molecule has 2 aromatic carbocycles. The zero-order valence-electron chi connectivity index (χ0n) is 14.3. The van der Waals surface area contributed by atoms with E-state index in [1.807, 2.05) is 6.07 Å². The molecule has 2 nitrogen and oxygen atoms in total. The summed E-state index contributed by atoms with van der Waals surface area (Å²) >= 11 is 0. The van der Waals surface area contributed by atoms with Crippen LogP contribution in [0.1, 0.15) is 43.2 Å². The third-order valence-electron chi connectivity index (χ3n) is 6.09. The summed E-state index contributed by atoms with van der Waals surface area (Å²) in [4.78, 5) is 2.62. The van der Waals surface area contributed by atoms with Crippen molar-refractivity contribution in [3.8, 4) is 0 Å². The van der Waals surface area contributed by atoms with E-state index in [1.165, 1.54) is 24.8 Å². The van der Waals surface area contributed by atoms with Crippen LogP contribution in [0.5, 0.6) is 0 Å². The van der Waals surface area contributed by atoms with Gasteiger partial charge in [-0.3, -0.25) is 4.90 Å². The molecule has 0 aromatic heterocycles. The molecule has 0 radical (unpaired) electrons. The first-order valence-electron chi connectivity index (χ1n) is 9.33. The summed E-state index contributed by atoms with van der Waals surface area (Å²) < 4.78 is 0. The minimum Gasteiger partial charge on any atom is -0.385 e. The van der Waals surface area contributed by atoms with Crippen molar-refractivity contribution in [2.75, 3.05) is 6.54 Å². The highest BCUT2D eigenvalue weighted by molar-refractivity contribution is 5.26. The molecule has 4 rings (SSSR count). The van der Waals surface area contributed by atoms with E-state index in [9.17, 15) is 5.11 Å². The maximum Gasteiger partial charge on any atom is 0.0951 e. The minimum atomic E-state index is -0.653. The van der Waals surface area contributed by atoms with E-state index in [-0.39, 0.29) is 0 Å². The lowest BCUT2D eigenvalue weighted by molar-refractivity contribution is -0.123. The van der Waals surface area contributed by atoms with Crippen LogP contribution in [0, 0.1) is 5.92 Å². The van der Waals surface area contributed by atoms with Gasteiger partial charge in [0, 0.05) is 25.0 Å². The molecule has 0 bridgehead atoms. The molecule has 1 saturated carbocycles. The molecule has 126 valence electrons. The minimum absolute atomic E-state index is 0.353. The average Bonchev–Trinajstić information content (AvgIpc) is 2.66. The summed E-state index contributed by atoms with van der Waals surface area (Å²) in [5, 5.41) is 11.6. The Morgan fingerprint density at radius 1 is 0.917 bits per heavy atom. The molecule has 0 unspecified atom stereocenters. The van der Waals surface area contributed by atoms with Gasteiger partial charge in [-0.2, -0.15) is 0 Å². The largest absolute Gasteiger partial charge is 0.385 e. The topological polar surface area (TPSA) is 23.5 Å². The van der Waals surface area contributed by atoms with Crippen molar-refractivity contribution in [1.82, 2.24) is 4.90 Å². The fraction of sp³-hybridized carbons (Fsp3) is 0.455. The van der Waals surface area contributed by atoms with Gasteiger partial charge < -0.3 is 5.11 Å². The van der Waals surface area contributed by atoms with Crippen molar-refractivity contribution in [1.29, 1.82) is 0 Å². The van der Waals surface area contributed by atoms with Crippen molar-refractivity contribution in [2.24, 2.45) is 5.92 Å². The summed E-state index contributed by atoms with van der Waals surface area (Å²) in [6.07, 6.45) is 5.73. The monoisotopic (exact) mass is 321 g/mol. The second-order valence-electron chi connectivity index (χ2n) is 7.45. The van der Waals surface area contributed by atoms with Crippen LogP contribution in [-0.4, -0.2) is 22.6 Å². The quantitative estimate of drug-likeness (QED) is 0.909. The Bertz CT molecular complexity index is 656. The van der Waals surface area contributed by atoms with Crippen LogP contribution in [-0.2, 0) is 12.1 Å². The predicted octanol–water partition coefficient (Wildman–Crippen LogP) is 4.34. The Labute approximate surface area is 145 Å². The van der Waals surface area contributed by atoms with Crippen molar-refractivity contribution < 1.29 is 5.11 Å². The summed E-state index contributed by atoms with van der Waals surface area (Å²) in [5.41, 5.74) is 1.84. The van der Waals surface area contributed by atoms with Crippen LogP contribution in [0.25, 0.3) is 0 Å². The molecule has 2 heteroatoms. The number of hydrogen-bond donors (Lipinski definition) is 1. The second kappa shape index (κ2) is 6.70. The zero-order chi connectivity index (χ0) is 16.4. The van der Waals surface area contributed by atoms with Gasteiger partial charge in [-0.15, -0.1) is 0 Å². The van der Waals surface area contributed by atoms with E-state index in [2.05, 4.69) is 59.5 Å². The molecule has 1 aliphatic heterocycles. The molecule has 2 aromatic rings. The van der Waals surface area contributed by atoms with Crippen LogP contribution in [0.15, 0.2) is 60.7 Å². The SMILES string of the molecule is O[C@@]1(c2ccccc2)CCN(Cc2ccccc2)[C@H]2CCCC[C@@H]21. The van der Waals surface area contributed by atoms with Crippen LogP contribution >= 0.6 is 0 Å². The lowest BCUT2D eigenvalue weighted by Gasteiger charge is -2.52. The molecule has 1 saturated heterocycles. The lowest BCUT2D eigenvalue weighted by atomic mass is 9.66. The van der Waals surface area contributed by atoms with Gasteiger partial charge in [0.05, 0.1) is 5.60 Å². The first kappa shape index (κ1) is 15.9. The highest BCUT2D eigenvalue weighted by Gasteiger charge is 2.48. The van der Waals surface area contributed by atoms with E-state index < -0.39 is 5.60 Å². The molecule has 1 heterocycles. The van der Waals surface area contributed by atoms with Gasteiger partial charge in [0.1, 0.15) is 0 Å². The fourth-order valence-electron chi connectivity index (χ4n) is 4.87. The smallest absolute Gasteiger partial charge is 0.0951 e. The van der Waals surface area contributed by atoms with E-state index >= 15 is 0 Å². The van der Waals surface area contributed by atoms with Crippen molar-refractivity contribution in [2.45, 2.75) is 50.3 Å². The van der Waals surface area contributed by atoms with E-state index in [1.54, 1.807) is 0 Å². The number of benzene rings is 2. The molecular weight excluding hydrogens is 294 g/mol. The van der Waals surface area contributed by atoms with E-state index in [0.717, 1.165) is 31.5 Å². The number of piperidine rings is 1. The fourth-order valence-corrected chi connectivity index (χ4v) is 4.87. The predicted molar refractivity (Wildman–Crippen MR) is 97.6 cm³/mol. The van der Waals surface area contributed by atoms with E-state index in [4.69, 9.17) is 0 Å². The molecule has 1 aliphatic carbocycles. The molecule has 0 amide bonds. The number of hydrogen-bond acceptors (Lipinski definition) is 2.